The topological polar surface area (TPSA) is 54.5 Å². The Morgan fingerprint density at radius 1 is 1.32 bits per heavy atom. The van der Waals surface area contributed by atoms with Crippen LogP contribution in [0.4, 0.5) is 5.69 Å². The number of sulfone groups is 1. The van der Waals surface area contributed by atoms with Gasteiger partial charge in [-0.1, -0.05) is 25.1 Å². The maximum Gasteiger partial charge on any atom is 0.227 e. The SMILES string of the molecule is CCCC(=O)N(c1ccccc1)[C@@H]1C=CS(=O)(=O)C1. The molecule has 0 fully saturated rings. The van der Waals surface area contributed by atoms with Crippen molar-refractivity contribution in [3.8, 4) is 0 Å². The van der Waals surface area contributed by atoms with Gasteiger partial charge in [0.2, 0.25) is 5.91 Å². The minimum absolute atomic E-state index is 0.0304. The van der Waals surface area contributed by atoms with Crippen molar-refractivity contribution < 1.29 is 13.2 Å². The summed E-state index contributed by atoms with van der Waals surface area (Å²) in [7, 11) is -3.17. The molecule has 1 atom stereocenters. The van der Waals surface area contributed by atoms with E-state index in [9.17, 15) is 13.2 Å². The number of hydrogen-bond donors (Lipinski definition) is 0. The number of rotatable bonds is 4. The van der Waals surface area contributed by atoms with Crippen LogP contribution in [0.25, 0.3) is 0 Å². The normalized spacial score (nSPS) is 20.4. The number of anilines is 1. The van der Waals surface area contributed by atoms with E-state index in [0.29, 0.717) is 6.42 Å². The lowest BCUT2D eigenvalue weighted by atomic mass is 10.2. The maximum absolute atomic E-state index is 12.2. The molecule has 0 saturated heterocycles. The highest BCUT2D eigenvalue weighted by Crippen LogP contribution is 2.23. The molecule has 0 N–H and O–H groups in total. The molecule has 0 bridgehead atoms. The molecule has 5 heteroatoms. The number of carbonyl (C=O) groups excluding carboxylic acids is 1. The first-order valence-corrected chi connectivity index (χ1v) is 8.03. The quantitative estimate of drug-likeness (QED) is 0.848. The Kier molecular flexibility index (Phi) is 4.04. The lowest BCUT2D eigenvalue weighted by Crippen LogP contribution is -2.41. The molecule has 19 heavy (non-hydrogen) atoms. The zero-order valence-corrected chi connectivity index (χ0v) is 11.6. The zero-order valence-electron chi connectivity index (χ0n) is 10.8. The number of carbonyl (C=O) groups is 1. The largest absolute Gasteiger partial charge is 0.304 e. The van der Waals surface area contributed by atoms with Gasteiger partial charge in [0.05, 0.1) is 11.8 Å². The Morgan fingerprint density at radius 3 is 2.53 bits per heavy atom. The van der Waals surface area contributed by atoms with Gasteiger partial charge in [-0.3, -0.25) is 4.79 Å². The van der Waals surface area contributed by atoms with Crippen LogP contribution in [0.2, 0.25) is 0 Å². The average molecular weight is 279 g/mol. The van der Waals surface area contributed by atoms with Crippen molar-refractivity contribution in [1.82, 2.24) is 0 Å². The van der Waals surface area contributed by atoms with Gasteiger partial charge in [0.15, 0.2) is 9.84 Å². The fourth-order valence-electron chi connectivity index (χ4n) is 2.16. The molecule has 1 aromatic rings. The fourth-order valence-corrected chi connectivity index (χ4v) is 3.43. The first-order valence-electron chi connectivity index (χ1n) is 6.31. The van der Waals surface area contributed by atoms with Crippen molar-refractivity contribution >= 4 is 21.4 Å². The van der Waals surface area contributed by atoms with Gasteiger partial charge in [0.1, 0.15) is 0 Å². The van der Waals surface area contributed by atoms with Crippen LogP contribution in [-0.2, 0) is 14.6 Å². The molecule has 0 aliphatic carbocycles. The first kappa shape index (κ1) is 13.8. The number of amides is 1. The molecule has 4 nitrogen and oxygen atoms in total. The molecule has 0 spiro atoms. The van der Waals surface area contributed by atoms with E-state index in [1.165, 1.54) is 5.41 Å². The highest BCUT2D eigenvalue weighted by molar-refractivity contribution is 7.94. The van der Waals surface area contributed by atoms with Crippen LogP contribution in [0.1, 0.15) is 19.8 Å². The molecule has 1 aromatic carbocycles. The van der Waals surface area contributed by atoms with E-state index in [-0.39, 0.29) is 11.7 Å². The summed E-state index contributed by atoms with van der Waals surface area (Å²) in [6.07, 6.45) is 2.75. The van der Waals surface area contributed by atoms with Crippen LogP contribution in [0.3, 0.4) is 0 Å². The van der Waals surface area contributed by atoms with Gasteiger partial charge in [-0.05, 0) is 24.6 Å². The van der Waals surface area contributed by atoms with E-state index in [4.69, 9.17) is 0 Å². The molecule has 0 radical (unpaired) electrons. The lowest BCUT2D eigenvalue weighted by Gasteiger charge is -2.27. The van der Waals surface area contributed by atoms with Crippen molar-refractivity contribution in [2.45, 2.75) is 25.8 Å². The molecule has 1 amide bonds. The molecule has 2 rings (SSSR count). The second-order valence-corrected chi connectivity index (χ2v) is 6.51. The maximum atomic E-state index is 12.2. The zero-order chi connectivity index (χ0) is 13.9. The highest BCUT2D eigenvalue weighted by atomic mass is 32.2. The molecule has 102 valence electrons. The molecular formula is C14H17NO3S. The minimum Gasteiger partial charge on any atom is -0.304 e. The van der Waals surface area contributed by atoms with Crippen LogP contribution in [0, 0.1) is 0 Å². The van der Waals surface area contributed by atoms with Gasteiger partial charge in [-0.2, -0.15) is 0 Å². The Morgan fingerprint density at radius 2 is 2.00 bits per heavy atom. The van der Waals surface area contributed by atoms with Crippen molar-refractivity contribution in [2.24, 2.45) is 0 Å². The summed E-state index contributed by atoms with van der Waals surface area (Å²) >= 11 is 0. The molecule has 1 aliphatic rings. The lowest BCUT2D eigenvalue weighted by molar-refractivity contribution is -0.118. The summed E-state index contributed by atoms with van der Waals surface area (Å²) in [6, 6.07) is 8.81. The molecule has 0 aromatic heterocycles. The van der Waals surface area contributed by atoms with Crippen LogP contribution < -0.4 is 4.90 Å². The van der Waals surface area contributed by atoms with E-state index < -0.39 is 15.9 Å². The number of para-hydroxylation sites is 1. The first-order chi connectivity index (χ1) is 9.03. The predicted octanol–water partition coefficient (Wildman–Crippen LogP) is 2.13. The van der Waals surface area contributed by atoms with Crippen LogP contribution in [-0.4, -0.2) is 26.1 Å². The number of benzene rings is 1. The Labute approximate surface area is 113 Å². The second-order valence-electron chi connectivity index (χ2n) is 4.57. The van der Waals surface area contributed by atoms with E-state index in [2.05, 4.69) is 0 Å². The smallest absolute Gasteiger partial charge is 0.227 e. The second kappa shape index (κ2) is 5.57. The summed E-state index contributed by atoms with van der Waals surface area (Å²) in [6.45, 7) is 1.93. The average Bonchev–Trinajstić information content (AvgIpc) is 2.71. The van der Waals surface area contributed by atoms with Crippen molar-refractivity contribution in [3.05, 3.63) is 41.8 Å². The van der Waals surface area contributed by atoms with Gasteiger partial charge in [-0.25, -0.2) is 8.42 Å². The summed E-state index contributed by atoms with van der Waals surface area (Å²) in [5.74, 6) is -0.0717. The Hall–Kier alpha value is -1.62. The van der Waals surface area contributed by atoms with E-state index in [0.717, 1.165) is 12.1 Å². The summed E-state index contributed by atoms with van der Waals surface area (Å²) in [5.41, 5.74) is 0.743. The Balaban J connectivity index is 2.31. The predicted molar refractivity (Wildman–Crippen MR) is 75.6 cm³/mol. The van der Waals surface area contributed by atoms with Crippen LogP contribution in [0.5, 0.6) is 0 Å². The fraction of sp³-hybridized carbons (Fsp3) is 0.357. The summed E-state index contributed by atoms with van der Waals surface area (Å²) in [5, 5.41) is 1.20. The number of nitrogens with zero attached hydrogens (tertiary/aromatic N) is 1. The standard InChI is InChI=1S/C14H17NO3S/c1-2-6-14(16)15(12-7-4-3-5-8-12)13-9-10-19(17,18)11-13/h3-5,7-10,13H,2,6,11H2,1H3/t13-/m1/s1. The molecule has 1 aliphatic heterocycles. The van der Waals surface area contributed by atoms with Crippen molar-refractivity contribution in [1.29, 1.82) is 0 Å². The molecule has 0 saturated carbocycles. The third-order valence-corrected chi connectivity index (χ3v) is 4.39. The Bertz CT molecular complexity index is 578. The number of hydrogen-bond acceptors (Lipinski definition) is 3. The van der Waals surface area contributed by atoms with Gasteiger partial charge in [0.25, 0.3) is 0 Å². The van der Waals surface area contributed by atoms with E-state index in [1.54, 1.807) is 11.0 Å². The van der Waals surface area contributed by atoms with Crippen LogP contribution >= 0.6 is 0 Å². The third-order valence-electron chi connectivity index (χ3n) is 3.01. The monoisotopic (exact) mass is 279 g/mol. The van der Waals surface area contributed by atoms with Crippen molar-refractivity contribution in [3.63, 3.8) is 0 Å². The van der Waals surface area contributed by atoms with Gasteiger partial charge in [-0.15, -0.1) is 0 Å². The molecule has 0 unspecified atom stereocenters. The summed E-state index contributed by atoms with van der Waals surface area (Å²) < 4.78 is 23.1. The van der Waals surface area contributed by atoms with E-state index in [1.807, 2.05) is 37.3 Å². The van der Waals surface area contributed by atoms with Gasteiger partial charge in [0, 0.05) is 17.5 Å². The molecular weight excluding hydrogens is 262 g/mol. The van der Waals surface area contributed by atoms with Gasteiger partial charge < -0.3 is 4.90 Å². The summed E-state index contributed by atoms with van der Waals surface area (Å²) in [4.78, 5) is 13.8. The van der Waals surface area contributed by atoms with E-state index >= 15 is 0 Å². The minimum atomic E-state index is -3.17. The van der Waals surface area contributed by atoms with Gasteiger partial charge >= 0.3 is 0 Å². The van der Waals surface area contributed by atoms with Crippen LogP contribution in [0.15, 0.2) is 41.8 Å². The highest BCUT2D eigenvalue weighted by Gasteiger charge is 2.30. The van der Waals surface area contributed by atoms with Crippen molar-refractivity contribution in [2.75, 3.05) is 10.7 Å². The molecule has 1 heterocycles. The third kappa shape index (κ3) is 3.23.